The van der Waals surface area contributed by atoms with Crippen molar-refractivity contribution in [3.8, 4) is 0 Å². The first-order valence-electron chi connectivity index (χ1n) is 4.83. The Labute approximate surface area is 75.1 Å². The van der Waals surface area contributed by atoms with Crippen molar-refractivity contribution in [1.82, 2.24) is 10.2 Å². The highest BCUT2D eigenvalue weighted by Crippen LogP contribution is 2.12. The standard InChI is InChI=1S/C9H20N2O/c1-4-11-6-8(10-3)9(7-11)12-5-2/h8-10H,4-7H2,1-3H3. The maximum Gasteiger partial charge on any atom is 0.0866 e. The highest BCUT2D eigenvalue weighted by atomic mass is 16.5. The first-order chi connectivity index (χ1) is 5.81. The second-order valence-corrected chi connectivity index (χ2v) is 3.24. The fourth-order valence-electron chi connectivity index (χ4n) is 1.77. The molecule has 3 nitrogen and oxygen atoms in total. The van der Waals surface area contributed by atoms with Crippen molar-refractivity contribution >= 4 is 0 Å². The fourth-order valence-corrected chi connectivity index (χ4v) is 1.77. The van der Waals surface area contributed by atoms with E-state index in [9.17, 15) is 0 Å². The van der Waals surface area contributed by atoms with E-state index >= 15 is 0 Å². The molecule has 1 aliphatic heterocycles. The van der Waals surface area contributed by atoms with E-state index in [-0.39, 0.29) is 0 Å². The first-order valence-corrected chi connectivity index (χ1v) is 4.83. The molecule has 0 aromatic rings. The lowest BCUT2D eigenvalue weighted by Gasteiger charge is -2.16. The molecule has 0 aliphatic carbocycles. The molecule has 1 saturated heterocycles. The summed E-state index contributed by atoms with van der Waals surface area (Å²) in [6.45, 7) is 8.40. The van der Waals surface area contributed by atoms with Gasteiger partial charge >= 0.3 is 0 Å². The van der Waals surface area contributed by atoms with E-state index in [4.69, 9.17) is 4.74 Å². The van der Waals surface area contributed by atoms with Gasteiger partial charge in [0, 0.05) is 25.7 Å². The molecule has 12 heavy (non-hydrogen) atoms. The van der Waals surface area contributed by atoms with Crippen LogP contribution >= 0.6 is 0 Å². The van der Waals surface area contributed by atoms with Gasteiger partial charge in [-0.1, -0.05) is 6.92 Å². The van der Waals surface area contributed by atoms with Gasteiger partial charge in [-0.05, 0) is 20.5 Å². The summed E-state index contributed by atoms with van der Waals surface area (Å²) in [5.74, 6) is 0. The van der Waals surface area contributed by atoms with Gasteiger partial charge in [0.2, 0.25) is 0 Å². The van der Waals surface area contributed by atoms with Crippen LogP contribution in [-0.2, 0) is 4.74 Å². The topological polar surface area (TPSA) is 24.5 Å². The van der Waals surface area contributed by atoms with Gasteiger partial charge in [-0.25, -0.2) is 0 Å². The van der Waals surface area contributed by atoms with Crippen LogP contribution in [0.4, 0.5) is 0 Å². The Hall–Kier alpha value is -0.120. The van der Waals surface area contributed by atoms with Gasteiger partial charge in [0.15, 0.2) is 0 Å². The molecule has 0 aromatic heterocycles. The normalized spacial score (nSPS) is 31.2. The Morgan fingerprint density at radius 1 is 1.42 bits per heavy atom. The van der Waals surface area contributed by atoms with Crippen LogP contribution < -0.4 is 5.32 Å². The molecule has 0 bridgehead atoms. The minimum absolute atomic E-state index is 0.389. The van der Waals surface area contributed by atoms with Crippen molar-refractivity contribution in [2.75, 3.05) is 33.3 Å². The predicted molar refractivity (Wildman–Crippen MR) is 50.4 cm³/mol. The van der Waals surface area contributed by atoms with Crippen molar-refractivity contribution in [1.29, 1.82) is 0 Å². The third kappa shape index (κ3) is 2.19. The predicted octanol–water partition coefficient (Wildman–Crippen LogP) is 0.315. The molecule has 0 amide bonds. The van der Waals surface area contributed by atoms with Crippen molar-refractivity contribution in [3.05, 3.63) is 0 Å². The lowest BCUT2D eigenvalue weighted by Crippen LogP contribution is -2.38. The molecule has 1 N–H and O–H groups in total. The van der Waals surface area contributed by atoms with Gasteiger partial charge in [-0.15, -0.1) is 0 Å². The van der Waals surface area contributed by atoms with Crippen LogP contribution in [0, 0.1) is 0 Å². The SMILES string of the molecule is CCOC1CN(CC)CC1NC. The average molecular weight is 172 g/mol. The lowest BCUT2D eigenvalue weighted by molar-refractivity contribution is 0.0551. The molecule has 1 fully saturated rings. The molecule has 2 atom stereocenters. The quantitative estimate of drug-likeness (QED) is 0.661. The van der Waals surface area contributed by atoms with Gasteiger partial charge < -0.3 is 10.1 Å². The Balaban J connectivity index is 2.39. The molecule has 2 unspecified atom stereocenters. The van der Waals surface area contributed by atoms with E-state index in [1.165, 1.54) is 0 Å². The zero-order chi connectivity index (χ0) is 8.97. The van der Waals surface area contributed by atoms with Crippen LogP contribution in [0.3, 0.4) is 0 Å². The van der Waals surface area contributed by atoms with Gasteiger partial charge in [-0.2, -0.15) is 0 Å². The van der Waals surface area contributed by atoms with Gasteiger partial charge in [0.25, 0.3) is 0 Å². The first kappa shape index (κ1) is 9.96. The molecule has 0 aromatic carbocycles. The molecular formula is C9H20N2O. The highest BCUT2D eigenvalue weighted by Gasteiger charge is 2.30. The summed E-state index contributed by atoms with van der Waals surface area (Å²) in [6.07, 6.45) is 0.389. The third-order valence-corrected chi connectivity index (χ3v) is 2.54. The summed E-state index contributed by atoms with van der Waals surface area (Å²) >= 11 is 0. The molecule has 72 valence electrons. The molecule has 0 radical (unpaired) electrons. The maximum absolute atomic E-state index is 5.63. The number of hydrogen-bond donors (Lipinski definition) is 1. The summed E-state index contributed by atoms with van der Waals surface area (Å²) in [5.41, 5.74) is 0. The molecule has 1 aliphatic rings. The second kappa shape index (κ2) is 4.80. The Kier molecular flexibility index (Phi) is 3.98. The molecule has 0 saturated carbocycles. The van der Waals surface area contributed by atoms with E-state index in [0.29, 0.717) is 12.1 Å². The molecule has 1 heterocycles. The third-order valence-electron chi connectivity index (χ3n) is 2.54. The van der Waals surface area contributed by atoms with E-state index in [1.807, 2.05) is 7.05 Å². The monoisotopic (exact) mass is 172 g/mol. The number of ether oxygens (including phenoxy) is 1. The summed E-state index contributed by atoms with van der Waals surface area (Å²) in [6, 6.07) is 0.518. The zero-order valence-corrected chi connectivity index (χ0v) is 8.34. The van der Waals surface area contributed by atoms with E-state index in [0.717, 1.165) is 26.2 Å². The summed E-state index contributed by atoms with van der Waals surface area (Å²) in [5, 5.41) is 3.30. The van der Waals surface area contributed by atoms with Crippen LogP contribution in [0.25, 0.3) is 0 Å². The van der Waals surface area contributed by atoms with Crippen molar-refractivity contribution < 1.29 is 4.74 Å². The van der Waals surface area contributed by atoms with Crippen LogP contribution in [0.1, 0.15) is 13.8 Å². The molecule has 1 rings (SSSR count). The minimum atomic E-state index is 0.389. The largest absolute Gasteiger partial charge is 0.375 e. The van der Waals surface area contributed by atoms with Gasteiger partial charge in [0.05, 0.1) is 6.10 Å². The Morgan fingerprint density at radius 3 is 2.67 bits per heavy atom. The Bertz CT molecular complexity index is 130. The smallest absolute Gasteiger partial charge is 0.0866 e. The van der Waals surface area contributed by atoms with Gasteiger partial charge in [-0.3, -0.25) is 4.90 Å². The minimum Gasteiger partial charge on any atom is -0.375 e. The number of rotatable bonds is 4. The molecule has 3 heteroatoms. The number of hydrogen-bond acceptors (Lipinski definition) is 3. The molecular weight excluding hydrogens is 152 g/mol. The van der Waals surface area contributed by atoms with Crippen molar-refractivity contribution in [2.45, 2.75) is 26.0 Å². The average Bonchev–Trinajstić information content (AvgIpc) is 2.48. The second-order valence-electron chi connectivity index (χ2n) is 3.24. The highest BCUT2D eigenvalue weighted by molar-refractivity contribution is 4.88. The summed E-state index contributed by atoms with van der Waals surface area (Å²) < 4.78 is 5.63. The van der Waals surface area contributed by atoms with Crippen LogP contribution in [0.15, 0.2) is 0 Å². The summed E-state index contributed by atoms with van der Waals surface area (Å²) in [7, 11) is 2.01. The summed E-state index contributed by atoms with van der Waals surface area (Å²) in [4.78, 5) is 2.42. The van der Waals surface area contributed by atoms with E-state index < -0.39 is 0 Å². The number of nitrogens with one attached hydrogen (secondary N) is 1. The van der Waals surface area contributed by atoms with Crippen molar-refractivity contribution in [2.24, 2.45) is 0 Å². The van der Waals surface area contributed by atoms with Crippen LogP contribution in [0.5, 0.6) is 0 Å². The number of likely N-dealkylation sites (tertiary alicyclic amines) is 1. The zero-order valence-electron chi connectivity index (χ0n) is 8.34. The van der Waals surface area contributed by atoms with Crippen LogP contribution in [-0.4, -0.2) is 50.3 Å². The fraction of sp³-hybridized carbons (Fsp3) is 1.00. The van der Waals surface area contributed by atoms with E-state index in [2.05, 4.69) is 24.1 Å². The lowest BCUT2D eigenvalue weighted by atomic mass is 10.2. The Morgan fingerprint density at radius 2 is 2.17 bits per heavy atom. The van der Waals surface area contributed by atoms with Crippen LogP contribution in [0.2, 0.25) is 0 Å². The molecule has 0 spiro atoms. The maximum atomic E-state index is 5.63. The van der Waals surface area contributed by atoms with Gasteiger partial charge in [0.1, 0.15) is 0 Å². The van der Waals surface area contributed by atoms with Crippen molar-refractivity contribution in [3.63, 3.8) is 0 Å². The number of likely N-dealkylation sites (N-methyl/N-ethyl adjacent to an activating group) is 2. The van der Waals surface area contributed by atoms with E-state index in [1.54, 1.807) is 0 Å². The number of nitrogens with zero attached hydrogens (tertiary/aromatic N) is 1.